The Morgan fingerprint density at radius 3 is 1.44 bits per heavy atom. The number of benzene rings is 2. The zero-order valence-electron chi connectivity index (χ0n) is 33.3. The lowest BCUT2D eigenvalue weighted by atomic mass is 9.76. The van der Waals surface area contributed by atoms with Gasteiger partial charge < -0.3 is 45.5 Å². The third kappa shape index (κ3) is 14.6. The standard InChI is InChI=1S/C37H62N6O7Si2/c1-25-19-30(20-26(2)32(25)48-35(46)42-23-40-29(5)44)37(6,7)31-21-27(3)33(28(4)22-31)49-36(47)43-24-41-34(45)39-16-14-18-52(11,12)50-51(9,10)17-13-15-38-8/h19-22,38H,13-18,23-24H2,1-12H3,(H,40,44)(H,42,46)(H,43,47)(H2,39,41,45). The molecule has 15 heteroatoms. The highest BCUT2D eigenvalue weighted by Crippen LogP contribution is 2.38. The molecular formula is C37H62N6O7Si2. The minimum Gasteiger partial charge on any atom is -0.455 e. The van der Waals surface area contributed by atoms with Gasteiger partial charge in [0.15, 0.2) is 16.6 Å². The summed E-state index contributed by atoms with van der Waals surface area (Å²) in [6.45, 7) is 23.6. The number of ether oxygens (including phenoxy) is 2. The van der Waals surface area contributed by atoms with Crippen molar-refractivity contribution in [3.05, 3.63) is 57.6 Å². The Balaban J connectivity index is 1.90. The predicted octanol–water partition coefficient (Wildman–Crippen LogP) is 6.20. The Labute approximate surface area is 312 Å². The predicted molar refractivity (Wildman–Crippen MR) is 211 cm³/mol. The third-order valence-corrected chi connectivity index (χ3v) is 16.3. The molecular weight excluding hydrogens is 697 g/mol. The van der Waals surface area contributed by atoms with Gasteiger partial charge in [-0.3, -0.25) is 4.79 Å². The molecule has 0 radical (unpaired) electrons. The molecule has 2 aromatic carbocycles. The van der Waals surface area contributed by atoms with Crippen LogP contribution in [0.1, 0.15) is 67.0 Å². The van der Waals surface area contributed by atoms with E-state index in [2.05, 4.69) is 71.9 Å². The Kier molecular flexibility index (Phi) is 16.8. The van der Waals surface area contributed by atoms with E-state index in [1.54, 1.807) is 0 Å². The SMILES string of the molecule is CNCCC[Si](C)(C)O[Si](C)(C)CCCNC(=O)NCNC(=O)Oc1c(C)cc(C(C)(C)c2cc(C)c(OC(=O)NCNC(C)=O)c(C)c2)cc1C. The first kappa shape index (κ1) is 44.2. The molecule has 0 spiro atoms. The molecule has 0 aliphatic rings. The van der Waals surface area contributed by atoms with Crippen LogP contribution in [0.5, 0.6) is 11.5 Å². The fourth-order valence-electron chi connectivity index (χ4n) is 6.13. The summed E-state index contributed by atoms with van der Waals surface area (Å²) in [5.74, 6) is 0.648. The van der Waals surface area contributed by atoms with Gasteiger partial charge in [-0.1, -0.05) is 38.1 Å². The summed E-state index contributed by atoms with van der Waals surface area (Å²) in [6, 6.07) is 9.69. The first-order chi connectivity index (χ1) is 24.2. The van der Waals surface area contributed by atoms with Crippen molar-refractivity contribution >= 4 is 40.8 Å². The molecule has 290 valence electrons. The van der Waals surface area contributed by atoms with Gasteiger partial charge >= 0.3 is 18.2 Å². The van der Waals surface area contributed by atoms with Crippen LogP contribution >= 0.6 is 0 Å². The molecule has 0 fully saturated rings. The molecule has 0 saturated heterocycles. The highest BCUT2D eigenvalue weighted by atomic mass is 28.4. The molecule has 0 unspecified atom stereocenters. The molecule has 5 amide bonds. The van der Waals surface area contributed by atoms with E-state index in [1.165, 1.54) is 6.92 Å². The Hall–Kier alpha value is -3.93. The minimum atomic E-state index is -1.84. The van der Waals surface area contributed by atoms with Gasteiger partial charge in [0.1, 0.15) is 11.5 Å². The summed E-state index contributed by atoms with van der Waals surface area (Å²) in [5, 5.41) is 16.3. The first-order valence-corrected chi connectivity index (χ1v) is 24.2. The number of urea groups is 1. The smallest absolute Gasteiger partial charge is 0.414 e. The van der Waals surface area contributed by atoms with E-state index in [4.69, 9.17) is 13.6 Å². The largest absolute Gasteiger partial charge is 0.455 e. The molecule has 0 aliphatic carbocycles. The van der Waals surface area contributed by atoms with E-state index in [-0.39, 0.29) is 25.3 Å². The van der Waals surface area contributed by atoms with Gasteiger partial charge in [-0.2, -0.15) is 0 Å². The van der Waals surface area contributed by atoms with E-state index < -0.39 is 34.2 Å². The van der Waals surface area contributed by atoms with Crippen molar-refractivity contribution in [3.63, 3.8) is 0 Å². The molecule has 0 atom stereocenters. The number of hydrogen-bond donors (Lipinski definition) is 6. The zero-order valence-corrected chi connectivity index (χ0v) is 35.3. The summed E-state index contributed by atoms with van der Waals surface area (Å²) in [5.41, 5.74) is 4.74. The van der Waals surface area contributed by atoms with Gasteiger partial charge in [0.25, 0.3) is 0 Å². The zero-order chi connectivity index (χ0) is 39.3. The first-order valence-electron chi connectivity index (χ1n) is 17.9. The summed E-state index contributed by atoms with van der Waals surface area (Å²) in [4.78, 5) is 48.3. The quantitative estimate of drug-likeness (QED) is 0.0594. The lowest BCUT2D eigenvalue weighted by molar-refractivity contribution is -0.119. The molecule has 2 aromatic rings. The fraction of sp³-hybridized carbons (Fsp3) is 0.568. The number of amides is 5. The van der Waals surface area contributed by atoms with Crippen LogP contribution in [0.15, 0.2) is 24.3 Å². The van der Waals surface area contributed by atoms with Crippen molar-refractivity contribution in [1.29, 1.82) is 0 Å². The molecule has 52 heavy (non-hydrogen) atoms. The molecule has 0 saturated carbocycles. The van der Waals surface area contributed by atoms with Gasteiger partial charge in [-0.25, -0.2) is 14.4 Å². The molecule has 0 aromatic heterocycles. The maximum Gasteiger partial charge on any atom is 0.414 e. The third-order valence-electron chi connectivity index (χ3n) is 8.80. The van der Waals surface area contributed by atoms with Crippen LogP contribution in [0, 0.1) is 27.7 Å². The van der Waals surface area contributed by atoms with Crippen LogP contribution in [0.4, 0.5) is 14.4 Å². The highest BCUT2D eigenvalue weighted by molar-refractivity contribution is 6.84. The van der Waals surface area contributed by atoms with Crippen LogP contribution in [0.25, 0.3) is 0 Å². The van der Waals surface area contributed by atoms with Crippen LogP contribution in [0.2, 0.25) is 38.3 Å². The second kappa shape index (κ2) is 19.8. The average Bonchev–Trinajstić information content (AvgIpc) is 3.02. The molecule has 0 heterocycles. The topological polar surface area (TPSA) is 168 Å². The lowest BCUT2D eigenvalue weighted by Gasteiger charge is -2.34. The van der Waals surface area contributed by atoms with Crippen LogP contribution < -0.4 is 41.4 Å². The number of nitrogens with one attached hydrogen (secondary N) is 6. The van der Waals surface area contributed by atoms with E-state index in [0.717, 1.165) is 64.9 Å². The molecule has 0 aliphatic heterocycles. The van der Waals surface area contributed by atoms with Crippen molar-refractivity contribution in [1.82, 2.24) is 31.9 Å². The van der Waals surface area contributed by atoms with Crippen molar-refractivity contribution in [2.24, 2.45) is 0 Å². The monoisotopic (exact) mass is 758 g/mol. The lowest BCUT2D eigenvalue weighted by Crippen LogP contribution is -2.45. The van der Waals surface area contributed by atoms with Crippen molar-refractivity contribution < 1.29 is 32.8 Å². The van der Waals surface area contributed by atoms with Crippen LogP contribution in [0.3, 0.4) is 0 Å². The van der Waals surface area contributed by atoms with Crippen LogP contribution in [-0.2, 0) is 14.3 Å². The Bertz CT molecular complexity index is 1520. The maximum atomic E-state index is 12.7. The Morgan fingerprint density at radius 2 is 1.04 bits per heavy atom. The van der Waals surface area contributed by atoms with Crippen molar-refractivity contribution in [3.8, 4) is 11.5 Å². The van der Waals surface area contributed by atoms with Gasteiger partial charge in [0, 0.05) is 18.9 Å². The Morgan fingerprint density at radius 1 is 0.635 bits per heavy atom. The highest BCUT2D eigenvalue weighted by Gasteiger charge is 2.32. The van der Waals surface area contributed by atoms with E-state index in [9.17, 15) is 19.2 Å². The molecule has 0 bridgehead atoms. The number of hydrogen-bond acceptors (Lipinski definition) is 8. The van der Waals surface area contributed by atoms with E-state index in [1.807, 2.05) is 59.0 Å². The van der Waals surface area contributed by atoms with Gasteiger partial charge in [0.2, 0.25) is 5.91 Å². The summed E-state index contributed by atoms with van der Waals surface area (Å²) < 4.78 is 17.8. The fourth-order valence-corrected chi connectivity index (χ4v) is 15.0. The number of carbonyl (C=O) groups excluding carboxylic acids is 4. The van der Waals surface area contributed by atoms with Crippen molar-refractivity contribution in [2.75, 3.05) is 33.5 Å². The van der Waals surface area contributed by atoms with Gasteiger partial charge in [-0.15, -0.1) is 0 Å². The van der Waals surface area contributed by atoms with Gasteiger partial charge in [0.05, 0.1) is 13.3 Å². The number of carbonyl (C=O) groups is 4. The summed E-state index contributed by atoms with van der Waals surface area (Å²) >= 11 is 0. The molecule has 6 N–H and O–H groups in total. The van der Waals surface area contributed by atoms with Crippen LogP contribution in [-0.4, -0.2) is 74.2 Å². The second-order valence-electron chi connectivity index (χ2n) is 15.1. The number of aryl methyl sites for hydroxylation is 4. The maximum absolute atomic E-state index is 12.7. The molecule has 2 rings (SSSR count). The number of rotatable bonds is 18. The molecule has 13 nitrogen and oxygen atoms in total. The summed E-state index contributed by atoms with van der Waals surface area (Å²) in [6.07, 6.45) is 0.615. The minimum absolute atomic E-state index is 0.0275. The summed E-state index contributed by atoms with van der Waals surface area (Å²) in [7, 11) is -1.58. The second-order valence-corrected chi connectivity index (χ2v) is 23.9. The average molecular weight is 759 g/mol. The van der Waals surface area contributed by atoms with E-state index >= 15 is 0 Å². The van der Waals surface area contributed by atoms with Crippen molar-refractivity contribution in [2.45, 2.75) is 105 Å². The van der Waals surface area contributed by atoms with Gasteiger partial charge in [-0.05, 0) is 126 Å². The normalized spacial score (nSPS) is 11.8. The van der Waals surface area contributed by atoms with E-state index in [0.29, 0.717) is 18.0 Å².